The van der Waals surface area contributed by atoms with E-state index in [9.17, 15) is 9.18 Å². The van der Waals surface area contributed by atoms with Crippen molar-refractivity contribution < 1.29 is 9.18 Å². The van der Waals surface area contributed by atoms with E-state index in [-0.39, 0.29) is 24.1 Å². The molecule has 0 aliphatic carbocycles. The summed E-state index contributed by atoms with van der Waals surface area (Å²) in [7, 11) is 0. The highest BCUT2D eigenvalue weighted by Crippen LogP contribution is 2.30. The molecule has 0 saturated heterocycles. The molecule has 0 radical (unpaired) electrons. The van der Waals surface area contributed by atoms with E-state index < -0.39 is 0 Å². The number of likely N-dealkylation sites (N-methyl/N-ethyl adjacent to an activating group) is 1. The molecule has 28 heavy (non-hydrogen) atoms. The third-order valence-corrected chi connectivity index (χ3v) is 5.96. The summed E-state index contributed by atoms with van der Waals surface area (Å²) in [6.45, 7) is 7.31. The first-order chi connectivity index (χ1) is 13.0. The lowest BCUT2D eigenvalue weighted by molar-refractivity contribution is 0.0983. The van der Waals surface area contributed by atoms with Gasteiger partial charge in [-0.05, 0) is 49.5 Å². The Labute approximate surface area is 182 Å². The smallest absolute Gasteiger partial charge is 0.260 e. The van der Waals surface area contributed by atoms with Gasteiger partial charge < -0.3 is 4.90 Å². The molecular weight excluding hydrogens is 465 g/mol. The molecule has 0 N–H and O–H groups in total. The average molecular weight is 487 g/mol. The number of fused-ring (bicyclic) bond motifs is 1. The number of hydrogen-bond donors (Lipinski definition) is 0. The van der Waals surface area contributed by atoms with Crippen LogP contribution in [0.1, 0.15) is 24.2 Å². The van der Waals surface area contributed by atoms with E-state index in [2.05, 4.69) is 39.7 Å². The molecule has 0 atom stereocenters. The Balaban J connectivity index is 0.00000280. The molecular formula is C20H22BrClFN3OS. The van der Waals surface area contributed by atoms with Gasteiger partial charge in [0.05, 0.1) is 10.2 Å². The minimum absolute atomic E-state index is 0. The van der Waals surface area contributed by atoms with Gasteiger partial charge in [0, 0.05) is 23.1 Å². The van der Waals surface area contributed by atoms with Crippen LogP contribution < -0.4 is 4.90 Å². The molecule has 0 spiro atoms. The maximum absolute atomic E-state index is 13.5. The molecule has 1 aromatic heterocycles. The lowest BCUT2D eigenvalue weighted by atomic mass is 10.2. The van der Waals surface area contributed by atoms with Crippen molar-refractivity contribution in [1.29, 1.82) is 0 Å². The molecule has 3 aromatic rings. The fourth-order valence-corrected chi connectivity index (χ4v) is 4.26. The number of carbonyl (C=O) groups excluding carboxylic acids is 1. The summed E-state index contributed by atoms with van der Waals surface area (Å²) in [6, 6.07) is 11.8. The lowest BCUT2D eigenvalue weighted by Crippen LogP contribution is -2.38. The van der Waals surface area contributed by atoms with Crippen molar-refractivity contribution in [2.45, 2.75) is 13.8 Å². The molecule has 8 heteroatoms. The Morgan fingerprint density at radius 3 is 2.57 bits per heavy atom. The van der Waals surface area contributed by atoms with Crippen LogP contribution in [0, 0.1) is 5.82 Å². The van der Waals surface area contributed by atoms with Crippen molar-refractivity contribution in [3.63, 3.8) is 0 Å². The third-order valence-electron chi connectivity index (χ3n) is 4.42. The second-order valence-corrected chi connectivity index (χ2v) is 8.03. The molecule has 0 bridgehead atoms. The van der Waals surface area contributed by atoms with Crippen LogP contribution in [0.3, 0.4) is 0 Å². The molecule has 0 aliphatic rings. The zero-order chi connectivity index (χ0) is 19.4. The Morgan fingerprint density at radius 1 is 1.14 bits per heavy atom. The highest BCUT2D eigenvalue weighted by molar-refractivity contribution is 9.10. The maximum Gasteiger partial charge on any atom is 0.260 e. The first kappa shape index (κ1) is 22.7. The topological polar surface area (TPSA) is 36.4 Å². The van der Waals surface area contributed by atoms with Crippen LogP contribution in [0.4, 0.5) is 9.52 Å². The van der Waals surface area contributed by atoms with E-state index in [0.717, 1.165) is 28.8 Å². The van der Waals surface area contributed by atoms with E-state index in [0.29, 0.717) is 22.8 Å². The molecule has 0 fully saturated rings. The molecule has 0 unspecified atom stereocenters. The van der Waals surface area contributed by atoms with Crippen LogP contribution >= 0.6 is 39.7 Å². The highest BCUT2D eigenvalue weighted by Gasteiger charge is 2.22. The second kappa shape index (κ2) is 10.3. The van der Waals surface area contributed by atoms with Crippen LogP contribution in [-0.2, 0) is 0 Å². The largest absolute Gasteiger partial charge is 0.302 e. The van der Waals surface area contributed by atoms with Gasteiger partial charge in [-0.15, -0.1) is 12.4 Å². The van der Waals surface area contributed by atoms with Crippen LogP contribution in [0.15, 0.2) is 46.9 Å². The summed E-state index contributed by atoms with van der Waals surface area (Å²) in [6.07, 6.45) is 0. The highest BCUT2D eigenvalue weighted by atomic mass is 79.9. The molecule has 0 saturated carbocycles. The Hall–Kier alpha value is -1.54. The van der Waals surface area contributed by atoms with Gasteiger partial charge in [-0.25, -0.2) is 9.37 Å². The summed E-state index contributed by atoms with van der Waals surface area (Å²) < 4.78 is 15.1. The first-order valence-corrected chi connectivity index (χ1v) is 10.5. The Bertz CT molecular complexity index is 948. The zero-order valence-corrected chi connectivity index (χ0v) is 18.9. The monoisotopic (exact) mass is 485 g/mol. The molecule has 1 amide bonds. The minimum Gasteiger partial charge on any atom is -0.302 e. The van der Waals surface area contributed by atoms with E-state index in [1.807, 2.05) is 12.1 Å². The van der Waals surface area contributed by atoms with Crippen LogP contribution in [-0.4, -0.2) is 42.0 Å². The van der Waals surface area contributed by atoms with Gasteiger partial charge in [0.15, 0.2) is 5.13 Å². The number of aromatic nitrogens is 1. The molecule has 3 rings (SSSR count). The summed E-state index contributed by atoms with van der Waals surface area (Å²) in [5, 5.41) is 0.590. The molecule has 1 heterocycles. The molecule has 2 aromatic carbocycles. The van der Waals surface area contributed by atoms with Crippen molar-refractivity contribution in [2.75, 3.05) is 31.1 Å². The summed E-state index contributed by atoms with van der Waals surface area (Å²) in [5.41, 5.74) is 1.29. The number of benzene rings is 2. The molecule has 150 valence electrons. The molecule has 4 nitrogen and oxygen atoms in total. The van der Waals surface area contributed by atoms with Gasteiger partial charge in [0.2, 0.25) is 0 Å². The summed E-state index contributed by atoms with van der Waals surface area (Å²) in [5.74, 6) is -0.409. The predicted octanol–water partition coefficient (Wildman–Crippen LogP) is 5.61. The van der Waals surface area contributed by atoms with E-state index in [4.69, 9.17) is 0 Å². The van der Waals surface area contributed by atoms with Gasteiger partial charge in [-0.3, -0.25) is 9.69 Å². The number of rotatable bonds is 7. The minimum atomic E-state index is -0.300. The van der Waals surface area contributed by atoms with Crippen LogP contribution in [0.25, 0.3) is 10.2 Å². The molecule has 0 aliphatic heterocycles. The van der Waals surface area contributed by atoms with Crippen molar-refractivity contribution >= 4 is 60.9 Å². The Morgan fingerprint density at radius 2 is 1.89 bits per heavy atom. The normalized spacial score (nSPS) is 10.9. The lowest BCUT2D eigenvalue weighted by Gasteiger charge is -2.24. The summed E-state index contributed by atoms with van der Waals surface area (Å²) in [4.78, 5) is 21.7. The summed E-state index contributed by atoms with van der Waals surface area (Å²) >= 11 is 4.76. The maximum atomic E-state index is 13.5. The number of carbonyl (C=O) groups is 1. The second-order valence-electron chi connectivity index (χ2n) is 6.10. The van der Waals surface area contributed by atoms with Crippen molar-refractivity contribution in [1.82, 2.24) is 9.88 Å². The predicted molar refractivity (Wildman–Crippen MR) is 120 cm³/mol. The van der Waals surface area contributed by atoms with E-state index >= 15 is 0 Å². The quantitative estimate of drug-likeness (QED) is 0.436. The third kappa shape index (κ3) is 5.29. The standard InChI is InChI=1S/C20H21BrFN3OS.ClH/c1-3-24(4-2)10-11-25(19(26)14-6-5-7-15(21)12-14)20-23-17-9-8-16(22)13-18(17)27-20;/h5-9,12-13H,3-4,10-11H2,1-2H3;1H. The zero-order valence-electron chi connectivity index (χ0n) is 15.7. The van der Waals surface area contributed by atoms with E-state index in [1.165, 1.54) is 23.5 Å². The van der Waals surface area contributed by atoms with E-state index in [1.54, 1.807) is 23.1 Å². The average Bonchev–Trinajstić information content (AvgIpc) is 3.07. The fourth-order valence-electron chi connectivity index (χ4n) is 2.84. The van der Waals surface area contributed by atoms with Crippen LogP contribution in [0.5, 0.6) is 0 Å². The van der Waals surface area contributed by atoms with Gasteiger partial charge in [0.25, 0.3) is 5.91 Å². The van der Waals surface area contributed by atoms with Gasteiger partial charge in [-0.1, -0.05) is 47.2 Å². The van der Waals surface area contributed by atoms with Crippen molar-refractivity contribution in [3.05, 3.63) is 58.3 Å². The number of amides is 1. The van der Waals surface area contributed by atoms with Gasteiger partial charge in [-0.2, -0.15) is 0 Å². The van der Waals surface area contributed by atoms with Crippen LogP contribution in [0.2, 0.25) is 0 Å². The number of hydrogen-bond acceptors (Lipinski definition) is 4. The Kier molecular flexibility index (Phi) is 8.37. The van der Waals surface area contributed by atoms with Crippen molar-refractivity contribution in [2.24, 2.45) is 0 Å². The van der Waals surface area contributed by atoms with Gasteiger partial charge in [0.1, 0.15) is 5.82 Å². The number of halogens is 3. The SMILES string of the molecule is CCN(CC)CCN(C(=O)c1cccc(Br)c1)c1nc2ccc(F)cc2s1.Cl. The number of nitrogens with zero attached hydrogens (tertiary/aromatic N) is 3. The number of anilines is 1. The van der Waals surface area contributed by atoms with Crippen molar-refractivity contribution in [3.8, 4) is 0 Å². The fraction of sp³-hybridized carbons (Fsp3) is 0.300. The van der Waals surface area contributed by atoms with Gasteiger partial charge >= 0.3 is 0 Å². The first-order valence-electron chi connectivity index (χ1n) is 8.87. The number of thiazole rings is 1.